The minimum atomic E-state index is -0.520. The van der Waals surface area contributed by atoms with Crippen molar-refractivity contribution in [3.63, 3.8) is 0 Å². The van der Waals surface area contributed by atoms with Crippen LogP contribution in [0.2, 0.25) is 0 Å². The summed E-state index contributed by atoms with van der Waals surface area (Å²) in [7, 11) is 0. The Morgan fingerprint density at radius 2 is 1.94 bits per heavy atom. The van der Waals surface area contributed by atoms with Gasteiger partial charge in [0.25, 0.3) is 5.91 Å². The van der Waals surface area contributed by atoms with Crippen LogP contribution in [0.4, 0.5) is 0 Å². The quantitative estimate of drug-likeness (QED) is 0.522. The second-order valence-corrected chi connectivity index (χ2v) is 8.83. The van der Waals surface area contributed by atoms with E-state index in [0.717, 1.165) is 37.7 Å². The minimum absolute atomic E-state index is 0.136. The van der Waals surface area contributed by atoms with Crippen LogP contribution >= 0.6 is 0 Å². The third-order valence-electron chi connectivity index (χ3n) is 6.22. The molecule has 0 spiro atoms. The lowest BCUT2D eigenvalue weighted by Gasteiger charge is -2.39. The summed E-state index contributed by atoms with van der Waals surface area (Å²) in [5, 5.41) is 10.5. The number of hydrogen-bond donors (Lipinski definition) is 2. The van der Waals surface area contributed by atoms with Gasteiger partial charge in [0.15, 0.2) is 11.4 Å². The molecule has 2 heterocycles. The van der Waals surface area contributed by atoms with Crippen molar-refractivity contribution in [3.8, 4) is 5.75 Å². The molecule has 7 heteroatoms. The molecule has 1 aromatic carbocycles. The lowest BCUT2D eigenvalue weighted by molar-refractivity contribution is 0.0602. The highest BCUT2D eigenvalue weighted by molar-refractivity contribution is 5.96. The molecule has 1 saturated carbocycles. The number of nitrogens with one attached hydrogen (secondary N) is 1. The molecule has 2 aliphatic rings. The Kier molecular flexibility index (Phi) is 7.15. The van der Waals surface area contributed by atoms with Gasteiger partial charge in [-0.3, -0.25) is 14.3 Å². The van der Waals surface area contributed by atoms with Gasteiger partial charge in [-0.25, -0.2) is 0 Å². The lowest BCUT2D eigenvalue weighted by Crippen LogP contribution is -2.54. The Hall–Kier alpha value is -2.80. The maximum Gasteiger partial charge on any atom is 0.278 e. The summed E-state index contributed by atoms with van der Waals surface area (Å²) >= 11 is 0. The molecule has 1 fully saturated rings. The fraction of sp³-hybridized carbons (Fsp3) is 0.520. The number of unbranched alkanes of at least 4 members (excludes halogenated alkanes) is 1. The van der Waals surface area contributed by atoms with Crippen molar-refractivity contribution in [2.24, 2.45) is 5.92 Å². The molecule has 2 atom stereocenters. The van der Waals surface area contributed by atoms with E-state index in [1.54, 1.807) is 10.9 Å². The number of nitrogens with zero attached hydrogens (tertiary/aromatic N) is 2. The lowest BCUT2D eigenvalue weighted by atomic mass is 10.0. The number of benzene rings is 1. The number of rotatable bonds is 11. The van der Waals surface area contributed by atoms with E-state index in [1.807, 2.05) is 35.2 Å². The van der Waals surface area contributed by atoms with Crippen molar-refractivity contribution < 1.29 is 14.6 Å². The Morgan fingerprint density at radius 1 is 1.16 bits per heavy atom. The molecule has 32 heavy (non-hydrogen) atoms. The number of hydrogen-bond acceptors (Lipinski definition) is 5. The molecule has 1 aliphatic heterocycles. The predicted molar refractivity (Wildman–Crippen MR) is 123 cm³/mol. The Balaban J connectivity index is 1.49. The highest BCUT2D eigenvalue weighted by Crippen LogP contribution is 2.33. The molecule has 0 radical (unpaired) electrons. The van der Waals surface area contributed by atoms with Gasteiger partial charge in [0.1, 0.15) is 6.17 Å². The summed E-state index contributed by atoms with van der Waals surface area (Å²) < 4.78 is 7.40. The number of aliphatic hydroxyl groups is 1. The predicted octanol–water partition coefficient (Wildman–Crippen LogP) is 3.67. The zero-order chi connectivity index (χ0) is 22.5. The zero-order valence-electron chi connectivity index (χ0n) is 18.7. The van der Waals surface area contributed by atoms with Crippen molar-refractivity contribution in [3.05, 3.63) is 64.1 Å². The number of aromatic nitrogens is 1. The summed E-state index contributed by atoms with van der Waals surface area (Å²) in [4.78, 5) is 27.8. The van der Waals surface area contributed by atoms with E-state index >= 15 is 0 Å². The molecule has 2 aromatic rings. The summed E-state index contributed by atoms with van der Waals surface area (Å²) in [6.07, 6.45) is 7.03. The molecule has 1 amide bonds. The number of carbonyl (C=O) groups excluding carboxylic acids is 1. The molecule has 0 bridgehead atoms. The van der Waals surface area contributed by atoms with Crippen LogP contribution < -0.4 is 15.6 Å². The second-order valence-electron chi connectivity index (χ2n) is 8.83. The first-order valence-corrected chi connectivity index (χ1v) is 11.8. The molecular formula is C25H33N3O4. The molecule has 7 nitrogen and oxygen atoms in total. The van der Waals surface area contributed by atoms with Gasteiger partial charge in [0, 0.05) is 18.8 Å². The first kappa shape index (κ1) is 22.4. The SMILES string of the molecule is CCCCOc1c2n(ccc1=O)NC(CCCC(O)c1ccccc1)N(CC1CC1)C2=O. The molecule has 0 saturated heterocycles. The van der Waals surface area contributed by atoms with Crippen LogP contribution in [-0.2, 0) is 0 Å². The maximum atomic E-state index is 13.5. The topological polar surface area (TPSA) is 83.8 Å². The van der Waals surface area contributed by atoms with Gasteiger partial charge in [0.2, 0.25) is 5.43 Å². The van der Waals surface area contributed by atoms with Crippen molar-refractivity contribution in [2.45, 2.75) is 64.1 Å². The van der Waals surface area contributed by atoms with Crippen LogP contribution in [0.15, 0.2) is 47.4 Å². The fourth-order valence-electron chi connectivity index (χ4n) is 4.15. The third kappa shape index (κ3) is 5.15. The molecule has 1 aromatic heterocycles. The molecule has 1 aliphatic carbocycles. The number of aliphatic hydroxyl groups excluding tert-OH is 1. The second kappa shape index (κ2) is 10.2. The van der Waals surface area contributed by atoms with Crippen LogP contribution in [-0.4, -0.2) is 39.9 Å². The van der Waals surface area contributed by atoms with E-state index in [4.69, 9.17) is 4.74 Å². The monoisotopic (exact) mass is 439 g/mol. The van der Waals surface area contributed by atoms with Crippen LogP contribution in [0.25, 0.3) is 0 Å². The van der Waals surface area contributed by atoms with E-state index in [2.05, 4.69) is 12.3 Å². The smallest absolute Gasteiger partial charge is 0.278 e. The summed E-state index contributed by atoms with van der Waals surface area (Å²) in [6.45, 7) is 3.15. The Morgan fingerprint density at radius 3 is 2.66 bits per heavy atom. The van der Waals surface area contributed by atoms with Crippen LogP contribution in [0.1, 0.15) is 74.0 Å². The van der Waals surface area contributed by atoms with Gasteiger partial charge in [-0.2, -0.15) is 0 Å². The van der Waals surface area contributed by atoms with Crippen LogP contribution in [0, 0.1) is 5.92 Å². The first-order chi connectivity index (χ1) is 15.6. The van der Waals surface area contributed by atoms with Crippen molar-refractivity contribution in [1.82, 2.24) is 9.58 Å². The van der Waals surface area contributed by atoms with E-state index in [0.29, 0.717) is 31.9 Å². The van der Waals surface area contributed by atoms with E-state index in [9.17, 15) is 14.7 Å². The molecular weight excluding hydrogens is 406 g/mol. The fourth-order valence-corrected chi connectivity index (χ4v) is 4.15. The van der Waals surface area contributed by atoms with Gasteiger partial charge in [-0.05, 0) is 50.0 Å². The molecule has 172 valence electrons. The van der Waals surface area contributed by atoms with Gasteiger partial charge in [-0.1, -0.05) is 43.7 Å². The average molecular weight is 440 g/mol. The maximum absolute atomic E-state index is 13.5. The standard InChI is InChI=1S/C25H33N3O4/c1-2-3-16-32-24-21(30)14-15-28-23(24)25(31)27(17-18-12-13-18)22(26-28)11-7-10-20(29)19-8-5-4-6-9-19/h4-6,8-9,14-15,18,20,22,26,29H,2-3,7,10-13,16-17H2,1H3. The first-order valence-electron chi connectivity index (χ1n) is 11.8. The van der Waals surface area contributed by atoms with Crippen molar-refractivity contribution in [2.75, 3.05) is 18.6 Å². The van der Waals surface area contributed by atoms with E-state index in [-0.39, 0.29) is 28.9 Å². The summed E-state index contributed by atoms with van der Waals surface area (Å²) in [6, 6.07) is 11.1. The van der Waals surface area contributed by atoms with Gasteiger partial charge < -0.3 is 20.2 Å². The highest BCUT2D eigenvalue weighted by Gasteiger charge is 2.38. The van der Waals surface area contributed by atoms with Gasteiger partial charge in [0.05, 0.1) is 12.7 Å². The number of pyridine rings is 1. The molecule has 2 unspecified atom stereocenters. The zero-order valence-corrected chi connectivity index (χ0v) is 18.7. The van der Waals surface area contributed by atoms with Gasteiger partial charge in [-0.15, -0.1) is 0 Å². The number of ether oxygens (including phenoxy) is 1. The van der Waals surface area contributed by atoms with Crippen molar-refractivity contribution in [1.29, 1.82) is 0 Å². The largest absolute Gasteiger partial charge is 0.487 e. The van der Waals surface area contributed by atoms with E-state index in [1.165, 1.54) is 6.07 Å². The molecule has 4 rings (SSSR count). The number of amides is 1. The number of carbonyl (C=O) groups is 1. The minimum Gasteiger partial charge on any atom is -0.487 e. The molecule has 2 N–H and O–H groups in total. The van der Waals surface area contributed by atoms with Crippen LogP contribution in [0.3, 0.4) is 0 Å². The van der Waals surface area contributed by atoms with E-state index < -0.39 is 6.10 Å². The van der Waals surface area contributed by atoms with Crippen LogP contribution in [0.5, 0.6) is 5.75 Å². The summed E-state index contributed by atoms with van der Waals surface area (Å²) in [5.41, 5.74) is 4.33. The highest BCUT2D eigenvalue weighted by atomic mass is 16.5. The average Bonchev–Trinajstić information content (AvgIpc) is 3.62. The van der Waals surface area contributed by atoms with Gasteiger partial charge >= 0.3 is 0 Å². The normalized spacial score (nSPS) is 18.8. The third-order valence-corrected chi connectivity index (χ3v) is 6.22. The number of fused-ring (bicyclic) bond motifs is 1. The Labute approximate surface area is 189 Å². The Bertz CT molecular complexity index is 971. The van der Waals surface area contributed by atoms with Crippen molar-refractivity contribution >= 4 is 5.91 Å². The summed E-state index contributed by atoms with van der Waals surface area (Å²) in [5.74, 6) is 0.496.